The normalized spacial score (nSPS) is 10.5. The van der Waals surface area contributed by atoms with Gasteiger partial charge in [0.05, 0.1) is 7.11 Å². The molecule has 15 heavy (non-hydrogen) atoms. The van der Waals surface area contributed by atoms with Gasteiger partial charge in [0.25, 0.3) is 0 Å². The summed E-state index contributed by atoms with van der Waals surface area (Å²) in [6.07, 6.45) is 0. The molecule has 0 atom stereocenters. The molecule has 1 heterocycles. The van der Waals surface area contributed by atoms with Gasteiger partial charge in [-0.2, -0.15) is 0 Å². The molecule has 0 aliphatic rings. The average Bonchev–Trinajstić information content (AvgIpc) is 2.52. The lowest BCUT2D eigenvalue weighted by atomic mass is 10.1. The number of carbonyl (C=O) groups is 1. The topological polar surface area (TPSA) is 68.1 Å². The lowest BCUT2D eigenvalue weighted by Crippen LogP contribution is -2.03. The van der Waals surface area contributed by atoms with Crippen molar-refractivity contribution in [2.75, 3.05) is 12.8 Å². The summed E-state index contributed by atoms with van der Waals surface area (Å²) in [5.41, 5.74) is 6.77. The fourth-order valence-electron chi connectivity index (χ4n) is 1.51. The Hall–Kier alpha value is -1.68. The lowest BCUT2D eigenvalue weighted by Gasteiger charge is -1.98. The molecule has 0 bridgehead atoms. The van der Waals surface area contributed by atoms with Crippen LogP contribution in [0.25, 0.3) is 10.9 Å². The average molecular weight is 225 g/mol. The van der Waals surface area contributed by atoms with Crippen LogP contribution in [0.2, 0.25) is 5.02 Å². The van der Waals surface area contributed by atoms with Gasteiger partial charge in [-0.05, 0) is 18.2 Å². The maximum atomic E-state index is 11.5. The highest BCUT2D eigenvalue weighted by atomic mass is 35.5. The van der Waals surface area contributed by atoms with Crippen molar-refractivity contribution in [3.8, 4) is 0 Å². The van der Waals surface area contributed by atoms with E-state index in [1.54, 1.807) is 18.2 Å². The molecule has 0 unspecified atom stereocenters. The second-order valence-electron chi connectivity index (χ2n) is 3.10. The van der Waals surface area contributed by atoms with Gasteiger partial charge in [-0.15, -0.1) is 0 Å². The number of carbonyl (C=O) groups excluding carboxylic acids is 1. The van der Waals surface area contributed by atoms with Gasteiger partial charge >= 0.3 is 5.97 Å². The fourth-order valence-corrected chi connectivity index (χ4v) is 1.68. The number of halogens is 1. The van der Waals surface area contributed by atoms with Gasteiger partial charge in [-0.25, -0.2) is 4.79 Å². The summed E-state index contributed by atoms with van der Waals surface area (Å²) < 4.78 is 4.64. The first-order valence-corrected chi connectivity index (χ1v) is 4.66. The van der Waals surface area contributed by atoms with E-state index in [2.05, 4.69) is 9.72 Å². The van der Waals surface area contributed by atoms with Gasteiger partial charge in [0.2, 0.25) is 0 Å². The summed E-state index contributed by atoms with van der Waals surface area (Å²) in [5.74, 6) is -0.180. The highest BCUT2D eigenvalue weighted by molar-refractivity contribution is 6.31. The molecule has 1 aromatic heterocycles. The number of benzene rings is 1. The van der Waals surface area contributed by atoms with E-state index >= 15 is 0 Å². The fraction of sp³-hybridized carbons (Fsp3) is 0.100. The van der Waals surface area contributed by atoms with E-state index in [0.717, 1.165) is 5.52 Å². The van der Waals surface area contributed by atoms with E-state index < -0.39 is 5.97 Å². The van der Waals surface area contributed by atoms with Crippen LogP contribution in [0, 0.1) is 0 Å². The Morgan fingerprint density at radius 2 is 2.27 bits per heavy atom. The zero-order chi connectivity index (χ0) is 11.0. The van der Waals surface area contributed by atoms with Crippen molar-refractivity contribution in [1.82, 2.24) is 4.98 Å². The largest absolute Gasteiger partial charge is 0.465 e. The molecule has 0 fully saturated rings. The maximum Gasteiger partial charge on any atom is 0.342 e. The number of aromatic amines is 1. The van der Waals surface area contributed by atoms with Crippen molar-refractivity contribution < 1.29 is 9.53 Å². The minimum atomic E-state index is -0.471. The van der Waals surface area contributed by atoms with E-state index in [9.17, 15) is 4.79 Å². The number of fused-ring (bicyclic) bond motifs is 1. The number of rotatable bonds is 1. The van der Waals surface area contributed by atoms with E-state index in [-0.39, 0.29) is 0 Å². The molecule has 0 saturated carbocycles. The molecule has 0 aliphatic carbocycles. The van der Waals surface area contributed by atoms with Crippen molar-refractivity contribution in [3.63, 3.8) is 0 Å². The van der Waals surface area contributed by atoms with Crippen LogP contribution in [-0.4, -0.2) is 18.1 Å². The Bertz CT molecular complexity index is 533. The molecular weight excluding hydrogens is 216 g/mol. The molecule has 0 saturated heterocycles. The van der Waals surface area contributed by atoms with E-state index in [1.165, 1.54) is 7.11 Å². The minimum absolute atomic E-state index is 0.291. The van der Waals surface area contributed by atoms with Crippen LogP contribution >= 0.6 is 11.6 Å². The number of hydrogen-bond donors (Lipinski definition) is 2. The maximum absolute atomic E-state index is 11.5. The SMILES string of the molecule is COC(=O)c1c(N)[nH]c2ccc(Cl)cc12. The summed E-state index contributed by atoms with van der Waals surface area (Å²) in [6, 6.07) is 5.16. The molecule has 0 aliphatic heterocycles. The Morgan fingerprint density at radius 1 is 1.53 bits per heavy atom. The summed E-state index contributed by atoms with van der Waals surface area (Å²) >= 11 is 5.84. The highest BCUT2D eigenvalue weighted by Gasteiger charge is 2.17. The molecular formula is C10H9ClN2O2. The summed E-state index contributed by atoms with van der Waals surface area (Å²) in [7, 11) is 1.31. The molecule has 78 valence electrons. The number of H-pyrrole nitrogens is 1. The Morgan fingerprint density at radius 3 is 2.93 bits per heavy atom. The molecule has 2 aromatic rings. The number of esters is 1. The number of aromatic nitrogens is 1. The number of nitrogens with two attached hydrogens (primary N) is 1. The number of hydrogen-bond acceptors (Lipinski definition) is 3. The van der Waals surface area contributed by atoms with Gasteiger partial charge in [-0.1, -0.05) is 11.6 Å². The standard InChI is InChI=1S/C10H9ClN2O2/c1-15-10(14)8-6-4-5(11)2-3-7(6)13-9(8)12/h2-4,13H,12H2,1H3. The number of anilines is 1. The highest BCUT2D eigenvalue weighted by Crippen LogP contribution is 2.27. The third-order valence-corrected chi connectivity index (χ3v) is 2.41. The van der Waals surface area contributed by atoms with E-state index in [1.807, 2.05) is 0 Å². The van der Waals surface area contributed by atoms with Crippen LogP contribution in [0.4, 0.5) is 5.82 Å². The molecule has 3 N–H and O–H groups in total. The number of methoxy groups -OCH3 is 1. The van der Waals surface area contributed by atoms with Crippen LogP contribution in [-0.2, 0) is 4.74 Å². The number of ether oxygens (including phenoxy) is 1. The predicted octanol–water partition coefficient (Wildman–Crippen LogP) is 2.19. The number of nitrogen functional groups attached to an aromatic ring is 1. The van der Waals surface area contributed by atoms with Crippen molar-refractivity contribution in [2.24, 2.45) is 0 Å². The first-order valence-electron chi connectivity index (χ1n) is 4.28. The second-order valence-corrected chi connectivity index (χ2v) is 3.53. The zero-order valence-electron chi connectivity index (χ0n) is 8.00. The van der Waals surface area contributed by atoms with Crippen molar-refractivity contribution in [1.29, 1.82) is 0 Å². The van der Waals surface area contributed by atoms with Crippen molar-refractivity contribution >= 4 is 34.3 Å². The Kier molecular flexibility index (Phi) is 2.28. The van der Waals surface area contributed by atoms with Crippen LogP contribution < -0.4 is 5.73 Å². The van der Waals surface area contributed by atoms with Crippen LogP contribution in [0.1, 0.15) is 10.4 Å². The monoisotopic (exact) mass is 224 g/mol. The smallest absolute Gasteiger partial charge is 0.342 e. The molecule has 4 nitrogen and oxygen atoms in total. The molecule has 0 radical (unpaired) electrons. The molecule has 0 amide bonds. The van der Waals surface area contributed by atoms with E-state index in [0.29, 0.717) is 21.8 Å². The van der Waals surface area contributed by atoms with Crippen molar-refractivity contribution in [3.05, 3.63) is 28.8 Å². The second kappa shape index (κ2) is 3.47. The van der Waals surface area contributed by atoms with Crippen LogP contribution in [0.15, 0.2) is 18.2 Å². The number of nitrogens with one attached hydrogen (secondary N) is 1. The third kappa shape index (κ3) is 1.53. The van der Waals surface area contributed by atoms with Gasteiger partial charge in [0.1, 0.15) is 11.4 Å². The zero-order valence-corrected chi connectivity index (χ0v) is 8.76. The van der Waals surface area contributed by atoms with E-state index in [4.69, 9.17) is 17.3 Å². The molecule has 0 spiro atoms. The molecule has 1 aromatic carbocycles. The summed E-state index contributed by atoms with van der Waals surface area (Å²) in [4.78, 5) is 14.3. The van der Waals surface area contributed by atoms with Gasteiger partial charge in [-0.3, -0.25) is 0 Å². The first-order chi connectivity index (χ1) is 7.13. The Balaban J connectivity index is 2.76. The Labute approximate surface area is 91.0 Å². The minimum Gasteiger partial charge on any atom is -0.465 e. The predicted molar refractivity (Wildman–Crippen MR) is 59.1 cm³/mol. The molecule has 5 heteroatoms. The van der Waals surface area contributed by atoms with Crippen molar-refractivity contribution in [2.45, 2.75) is 0 Å². The summed E-state index contributed by atoms with van der Waals surface area (Å²) in [6.45, 7) is 0. The third-order valence-electron chi connectivity index (χ3n) is 2.18. The lowest BCUT2D eigenvalue weighted by molar-refractivity contribution is 0.0604. The first kappa shape index (κ1) is 9.86. The quantitative estimate of drug-likeness (QED) is 0.730. The van der Waals surface area contributed by atoms with Crippen LogP contribution in [0.5, 0.6) is 0 Å². The summed E-state index contributed by atoms with van der Waals surface area (Å²) in [5, 5.41) is 1.22. The van der Waals surface area contributed by atoms with Crippen LogP contribution in [0.3, 0.4) is 0 Å². The van der Waals surface area contributed by atoms with Gasteiger partial charge in [0, 0.05) is 15.9 Å². The van der Waals surface area contributed by atoms with Gasteiger partial charge < -0.3 is 15.5 Å². The van der Waals surface area contributed by atoms with Gasteiger partial charge in [0.15, 0.2) is 0 Å². The molecule has 2 rings (SSSR count).